The van der Waals surface area contributed by atoms with Crippen molar-refractivity contribution in [3.8, 4) is 0 Å². The van der Waals surface area contributed by atoms with Gasteiger partial charge in [0.2, 0.25) is 0 Å². The van der Waals surface area contributed by atoms with Crippen LogP contribution in [0, 0.1) is 35.0 Å². The van der Waals surface area contributed by atoms with E-state index in [0.717, 1.165) is 55.8 Å². The molecule has 1 N–H and O–H groups in total. The number of aliphatic hydroxyl groups is 1. The molecule has 3 atom stereocenters. The number of hydrogen-bond donors (Lipinski definition) is 1. The van der Waals surface area contributed by atoms with Gasteiger partial charge in [0, 0.05) is 26.2 Å². The summed E-state index contributed by atoms with van der Waals surface area (Å²) in [5.74, 6) is 4.60. The van der Waals surface area contributed by atoms with E-state index in [1.165, 1.54) is 51.4 Å². The van der Waals surface area contributed by atoms with Crippen molar-refractivity contribution in [2.24, 2.45) is 35.0 Å². The molecule has 0 aromatic rings. The predicted molar refractivity (Wildman–Crippen MR) is 101 cm³/mol. The van der Waals surface area contributed by atoms with E-state index in [4.69, 9.17) is 4.74 Å². The molecule has 1 heterocycles. The zero-order valence-corrected chi connectivity index (χ0v) is 16.5. The van der Waals surface area contributed by atoms with Crippen molar-refractivity contribution < 1.29 is 9.84 Å². The molecule has 25 heavy (non-hydrogen) atoms. The maximum absolute atomic E-state index is 10.4. The number of likely N-dealkylation sites (tertiary alicyclic amines) is 1. The van der Waals surface area contributed by atoms with Gasteiger partial charge in [-0.25, -0.2) is 0 Å². The fraction of sp³-hybridized carbons (Fsp3) is 1.00. The van der Waals surface area contributed by atoms with Crippen molar-refractivity contribution in [2.75, 3.05) is 32.8 Å². The first-order chi connectivity index (χ1) is 12.0. The molecule has 4 bridgehead atoms. The van der Waals surface area contributed by atoms with Crippen LogP contribution >= 0.6 is 0 Å². The van der Waals surface area contributed by atoms with Gasteiger partial charge >= 0.3 is 0 Å². The summed E-state index contributed by atoms with van der Waals surface area (Å²) in [5, 5.41) is 10.4. The number of aliphatic hydroxyl groups excluding tert-OH is 1. The summed E-state index contributed by atoms with van der Waals surface area (Å²) in [5.41, 5.74) is 0.609. The van der Waals surface area contributed by atoms with E-state index in [2.05, 4.69) is 18.7 Å². The van der Waals surface area contributed by atoms with Crippen molar-refractivity contribution in [3.05, 3.63) is 0 Å². The second-order valence-corrected chi connectivity index (χ2v) is 10.6. The molecule has 4 aliphatic carbocycles. The highest BCUT2D eigenvalue weighted by Crippen LogP contribution is 2.61. The molecule has 0 amide bonds. The van der Waals surface area contributed by atoms with Crippen molar-refractivity contribution in [3.63, 3.8) is 0 Å². The average Bonchev–Trinajstić information content (AvgIpc) is 2.49. The Hall–Kier alpha value is -0.120. The van der Waals surface area contributed by atoms with Crippen LogP contribution in [-0.4, -0.2) is 49.0 Å². The molecule has 0 radical (unpaired) electrons. The van der Waals surface area contributed by atoms with Crippen LogP contribution in [0.1, 0.15) is 65.2 Å². The Kier molecular flexibility index (Phi) is 5.46. The Balaban J connectivity index is 1.16. The van der Waals surface area contributed by atoms with Gasteiger partial charge in [-0.3, -0.25) is 0 Å². The van der Waals surface area contributed by atoms with E-state index in [9.17, 15) is 5.11 Å². The molecule has 0 spiro atoms. The van der Waals surface area contributed by atoms with Gasteiger partial charge in [-0.2, -0.15) is 0 Å². The van der Waals surface area contributed by atoms with E-state index in [1.54, 1.807) is 0 Å². The fourth-order valence-electron chi connectivity index (χ4n) is 7.40. The quantitative estimate of drug-likeness (QED) is 0.707. The summed E-state index contributed by atoms with van der Waals surface area (Å²) in [6.45, 7) is 9.09. The number of rotatable bonds is 7. The summed E-state index contributed by atoms with van der Waals surface area (Å²) in [6.07, 6.45) is 11.2. The third-order valence-corrected chi connectivity index (χ3v) is 7.67. The lowest BCUT2D eigenvalue weighted by Crippen LogP contribution is -2.46. The van der Waals surface area contributed by atoms with Gasteiger partial charge in [0.1, 0.15) is 0 Å². The lowest BCUT2D eigenvalue weighted by Gasteiger charge is -2.57. The Morgan fingerprint density at radius 3 is 2.08 bits per heavy atom. The summed E-state index contributed by atoms with van der Waals surface area (Å²) < 4.78 is 5.95. The van der Waals surface area contributed by atoms with Crippen LogP contribution in [-0.2, 0) is 4.74 Å². The van der Waals surface area contributed by atoms with E-state index >= 15 is 0 Å². The Morgan fingerprint density at radius 2 is 1.52 bits per heavy atom. The third kappa shape index (κ3) is 4.42. The smallest absolute Gasteiger partial charge is 0.0900 e. The summed E-state index contributed by atoms with van der Waals surface area (Å²) in [4.78, 5) is 2.44. The van der Waals surface area contributed by atoms with Crippen LogP contribution in [0.15, 0.2) is 0 Å². The van der Waals surface area contributed by atoms with Crippen LogP contribution in [0.2, 0.25) is 0 Å². The SMILES string of the molecule is C[C@@H]1C[C@H](C)CN(C[C@H](O)COCCC23CC4CC(CC(C4)C2)C3)C1. The van der Waals surface area contributed by atoms with Crippen LogP contribution in [0.5, 0.6) is 0 Å². The Bertz CT molecular complexity index is 406. The normalized spacial score (nSPS) is 45.0. The molecule has 1 aliphatic heterocycles. The third-order valence-electron chi connectivity index (χ3n) is 7.67. The van der Waals surface area contributed by atoms with Gasteiger partial charge in [0.15, 0.2) is 0 Å². The van der Waals surface area contributed by atoms with Crippen LogP contribution in [0.25, 0.3) is 0 Å². The molecule has 5 rings (SSSR count). The predicted octanol–water partition coefficient (Wildman–Crippen LogP) is 3.95. The van der Waals surface area contributed by atoms with E-state index in [0.29, 0.717) is 12.0 Å². The van der Waals surface area contributed by atoms with Gasteiger partial charge in [-0.15, -0.1) is 0 Å². The minimum absolute atomic E-state index is 0.325. The number of piperidine rings is 1. The lowest BCUT2D eigenvalue weighted by atomic mass is 9.49. The molecule has 0 unspecified atom stereocenters. The van der Waals surface area contributed by atoms with Crippen molar-refractivity contribution in [1.29, 1.82) is 0 Å². The molecule has 4 saturated carbocycles. The van der Waals surface area contributed by atoms with Gasteiger partial charge in [-0.05, 0) is 86.4 Å². The average molecular weight is 350 g/mol. The maximum Gasteiger partial charge on any atom is 0.0900 e. The first-order valence-electron chi connectivity index (χ1n) is 11.0. The zero-order valence-electron chi connectivity index (χ0n) is 16.5. The number of nitrogens with zero attached hydrogens (tertiary/aromatic N) is 1. The molecular formula is C22H39NO2. The fourth-order valence-corrected chi connectivity index (χ4v) is 7.40. The Morgan fingerprint density at radius 1 is 0.960 bits per heavy atom. The summed E-state index contributed by atoms with van der Waals surface area (Å²) >= 11 is 0. The largest absolute Gasteiger partial charge is 0.389 e. The Labute approximate surface area is 154 Å². The molecular weight excluding hydrogens is 310 g/mol. The van der Waals surface area contributed by atoms with E-state index < -0.39 is 0 Å². The summed E-state index contributed by atoms with van der Waals surface area (Å²) in [6, 6.07) is 0. The molecule has 3 heteroatoms. The number of hydrogen-bond acceptors (Lipinski definition) is 3. The molecule has 5 aliphatic rings. The first-order valence-corrected chi connectivity index (χ1v) is 11.0. The van der Waals surface area contributed by atoms with Gasteiger partial charge in [0.25, 0.3) is 0 Å². The van der Waals surface area contributed by atoms with Gasteiger partial charge in [-0.1, -0.05) is 13.8 Å². The first kappa shape index (κ1) is 18.3. The second kappa shape index (κ2) is 7.48. The highest BCUT2D eigenvalue weighted by Gasteiger charge is 2.50. The maximum atomic E-state index is 10.4. The highest BCUT2D eigenvalue weighted by atomic mass is 16.5. The number of β-amino-alcohol motifs (C(OH)–C–C–N with tert-alkyl or cyclic N) is 1. The minimum Gasteiger partial charge on any atom is -0.389 e. The molecule has 5 fully saturated rings. The zero-order chi connectivity index (χ0) is 17.4. The number of ether oxygens (including phenoxy) is 1. The standard InChI is InChI=1S/C22H39NO2/c1-16-5-17(2)13-23(12-16)14-21(24)15-25-4-3-22-9-18-6-19(10-22)8-20(7-18)11-22/h16-21,24H,3-15H2,1-2H3/t16-,17+,18?,19?,20?,21-,22?/m0/s1. The van der Waals surface area contributed by atoms with Crippen molar-refractivity contribution in [1.82, 2.24) is 4.90 Å². The van der Waals surface area contributed by atoms with Crippen molar-refractivity contribution in [2.45, 2.75) is 71.3 Å². The highest BCUT2D eigenvalue weighted by molar-refractivity contribution is 5.01. The van der Waals surface area contributed by atoms with Crippen LogP contribution in [0.4, 0.5) is 0 Å². The molecule has 3 nitrogen and oxygen atoms in total. The second-order valence-electron chi connectivity index (χ2n) is 10.6. The monoisotopic (exact) mass is 349 g/mol. The van der Waals surface area contributed by atoms with E-state index in [1.807, 2.05) is 0 Å². The van der Waals surface area contributed by atoms with E-state index in [-0.39, 0.29) is 6.10 Å². The lowest BCUT2D eigenvalue weighted by molar-refractivity contribution is -0.0746. The van der Waals surface area contributed by atoms with Crippen molar-refractivity contribution >= 4 is 0 Å². The van der Waals surface area contributed by atoms with Gasteiger partial charge in [0.05, 0.1) is 12.7 Å². The molecule has 0 aromatic heterocycles. The molecule has 144 valence electrons. The van der Waals surface area contributed by atoms with Crippen LogP contribution < -0.4 is 0 Å². The topological polar surface area (TPSA) is 32.7 Å². The molecule has 1 saturated heterocycles. The molecule has 0 aromatic carbocycles. The summed E-state index contributed by atoms with van der Waals surface area (Å²) in [7, 11) is 0. The van der Waals surface area contributed by atoms with Crippen LogP contribution in [0.3, 0.4) is 0 Å². The minimum atomic E-state index is -0.325. The van der Waals surface area contributed by atoms with Gasteiger partial charge < -0.3 is 14.7 Å².